The van der Waals surface area contributed by atoms with Gasteiger partial charge < -0.3 is 9.32 Å². The molecule has 0 atom stereocenters. The molecule has 0 fully saturated rings. The normalized spacial score (nSPS) is 13.5. The Morgan fingerprint density at radius 2 is 1.93 bits per heavy atom. The number of anilines is 1. The Bertz CT molecular complexity index is 1110. The van der Waals surface area contributed by atoms with Crippen LogP contribution in [0.15, 0.2) is 74.6 Å². The van der Waals surface area contributed by atoms with Crippen LogP contribution in [-0.2, 0) is 23.0 Å². The smallest absolute Gasteiger partial charge is 0.258 e. The molecule has 0 radical (unpaired) electrons. The second kappa shape index (κ2) is 7.54. The van der Waals surface area contributed by atoms with Crippen LogP contribution in [0.2, 0.25) is 0 Å². The summed E-state index contributed by atoms with van der Waals surface area (Å²) in [6.07, 6.45) is 2.28. The van der Waals surface area contributed by atoms with Gasteiger partial charge in [-0.2, -0.15) is 0 Å². The number of furan rings is 1. The average molecular weight is 461 g/mol. The highest BCUT2D eigenvalue weighted by molar-refractivity contribution is 9.10. The number of carbonyl (C=O) groups excluding carboxylic acids is 1. The van der Waals surface area contributed by atoms with Gasteiger partial charge in [0, 0.05) is 22.3 Å². The van der Waals surface area contributed by atoms with E-state index in [0.29, 0.717) is 17.9 Å². The van der Waals surface area contributed by atoms with Crippen molar-refractivity contribution in [3.63, 3.8) is 0 Å². The maximum Gasteiger partial charge on any atom is 0.258 e. The molecule has 0 spiro atoms. The van der Waals surface area contributed by atoms with E-state index < -0.39 is 10.0 Å². The molecule has 3 aromatic rings. The van der Waals surface area contributed by atoms with Crippen molar-refractivity contribution in [3.8, 4) is 0 Å². The van der Waals surface area contributed by atoms with E-state index in [2.05, 4.69) is 20.7 Å². The molecule has 1 aliphatic heterocycles. The number of carbonyl (C=O) groups is 1. The summed E-state index contributed by atoms with van der Waals surface area (Å²) in [7, 11) is -3.69. The van der Waals surface area contributed by atoms with Crippen molar-refractivity contribution in [1.29, 1.82) is 0 Å². The average Bonchev–Trinajstić information content (AvgIpc) is 3.35. The highest BCUT2D eigenvalue weighted by Crippen LogP contribution is 2.31. The maximum absolute atomic E-state index is 12.9. The van der Waals surface area contributed by atoms with Crippen molar-refractivity contribution < 1.29 is 17.6 Å². The van der Waals surface area contributed by atoms with Gasteiger partial charge in [-0.25, -0.2) is 13.1 Å². The number of hydrogen-bond donors (Lipinski definition) is 1. The van der Waals surface area contributed by atoms with Gasteiger partial charge in [0.05, 0.1) is 17.7 Å². The topological polar surface area (TPSA) is 79.6 Å². The lowest BCUT2D eigenvalue weighted by Gasteiger charge is -2.17. The molecular weight excluding hydrogens is 444 g/mol. The quantitative estimate of drug-likeness (QED) is 0.628. The van der Waals surface area contributed by atoms with Crippen molar-refractivity contribution in [2.45, 2.75) is 17.9 Å². The molecule has 6 nitrogen and oxygen atoms in total. The van der Waals surface area contributed by atoms with Crippen LogP contribution >= 0.6 is 15.9 Å². The molecule has 8 heteroatoms. The molecule has 0 unspecified atom stereocenters. The Labute approximate surface area is 171 Å². The third kappa shape index (κ3) is 3.76. The largest absolute Gasteiger partial charge is 0.468 e. The summed E-state index contributed by atoms with van der Waals surface area (Å²) >= 11 is 3.45. The molecule has 0 saturated heterocycles. The molecule has 144 valence electrons. The van der Waals surface area contributed by atoms with Gasteiger partial charge >= 0.3 is 0 Å². The fourth-order valence-corrected chi connectivity index (χ4v) is 4.58. The summed E-state index contributed by atoms with van der Waals surface area (Å²) in [4.78, 5) is 14.7. The monoisotopic (exact) mass is 460 g/mol. The molecular formula is C20H17BrN2O4S. The minimum absolute atomic E-state index is 0.0656. The van der Waals surface area contributed by atoms with Crippen molar-refractivity contribution in [2.75, 3.05) is 11.4 Å². The molecule has 1 aliphatic rings. The molecule has 1 N–H and O–H groups in total. The van der Waals surface area contributed by atoms with Crippen LogP contribution < -0.4 is 9.62 Å². The zero-order chi connectivity index (χ0) is 19.7. The predicted molar refractivity (Wildman–Crippen MR) is 109 cm³/mol. The van der Waals surface area contributed by atoms with E-state index in [4.69, 9.17) is 4.42 Å². The molecule has 4 rings (SSSR count). The SMILES string of the molecule is O=C(c1ccc(S(=O)(=O)NCc2ccco2)cc1)N1CCc2cc(Br)ccc21. The van der Waals surface area contributed by atoms with Gasteiger partial charge in [-0.15, -0.1) is 0 Å². The zero-order valence-electron chi connectivity index (χ0n) is 14.8. The van der Waals surface area contributed by atoms with E-state index in [0.717, 1.165) is 22.1 Å². The lowest BCUT2D eigenvalue weighted by atomic mass is 10.1. The number of rotatable bonds is 5. The van der Waals surface area contributed by atoms with E-state index in [1.807, 2.05) is 18.2 Å². The number of nitrogens with zero attached hydrogens (tertiary/aromatic N) is 1. The summed E-state index contributed by atoms with van der Waals surface area (Å²) in [5.74, 6) is 0.378. The number of sulfonamides is 1. The Balaban J connectivity index is 1.50. The Hall–Kier alpha value is -2.42. The number of benzene rings is 2. The van der Waals surface area contributed by atoms with E-state index in [9.17, 15) is 13.2 Å². The summed E-state index contributed by atoms with van der Waals surface area (Å²) in [6, 6.07) is 15.2. The molecule has 0 bridgehead atoms. The van der Waals surface area contributed by atoms with Crippen LogP contribution in [0.4, 0.5) is 5.69 Å². The second-order valence-corrected chi connectivity index (χ2v) is 9.09. The fourth-order valence-electron chi connectivity index (χ4n) is 3.18. The second-order valence-electron chi connectivity index (χ2n) is 6.41. The number of nitrogens with one attached hydrogen (secondary N) is 1. The van der Waals surface area contributed by atoms with Crippen LogP contribution in [0.5, 0.6) is 0 Å². The van der Waals surface area contributed by atoms with Crippen LogP contribution in [0.3, 0.4) is 0 Å². The van der Waals surface area contributed by atoms with Gasteiger partial charge in [0.25, 0.3) is 5.91 Å². The first-order valence-corrected chi connectivity index (χ1v) is 10.9. The summed E-state index contributed by atoms with van der Waals surface area (Å²) < 4.78 is 33.4. The minimum atomic E-state index is -3.69. The molecule has 28 heavy (non-hydrogen) atoms. The number of fused-ring (bicyclic) bond motifs is 1. The highest BCUT2D eigenvalue weighted by atomic mass is 79.9. The fraction of sp³-hybridized carbons (Fsp3) is 0.150. The van der Waals surface area contributed by atoms with Gasteiger partial charge in [0.15, 0.2) is 0 Å². The van der Waals surface area contributed by atoms with Gasteiger partial charge in [0.1, 0.15) is 5.76 Å². The van der Waals surface area contributed by atoms with Crippen molar-refractivity contribution in [1.82, 2.24) is 4.72 Å². The van der Waals surface area contributed by atoms with Gasteiger partial charge in [0.2, 0.25) is 10.0 Å². The molecule has 1 amide bonds. The van der Waals surface area contributed by atoms with Crippen molar-refractivity contribution in [2.24, 2.45) is 0 Å². The zero-order valence-corrected chi connectivity index (χ0v) is 17.2. The summed E-state index contributed by atoms with van der Waals surface area (Å²) in [5.41, 5.74) is 2.45. The molecule has 2 aromatic carbocycles. The number of halogens is 1. The van der Waals surface area contributed by atoms with Crippen molar-refractivity contribution in [3.05, 3.63) is 82.2 Å². The van der Waals surface area contributed by atoms with E-state index in [1.54, 1.807) is 29.2 Å². The first-order valence-electron chi connectivity index (χ1n) is 8.66. The predicted octanol–water partition coefficient (Wildman–Crippen LogP) is 3.72. The standard InChI is InChI=1S/C20H17BrN2O4S/c21-16-5-8-19-15(12-16)9-10-23(19)20(24)14-3-6-18(7-4-14)28(25,26)22-13-17-2-1-11-27-17/h1-8,11-12,22H,9-10,13H2. The Morgan fingerprint density at radius 3 is 2.64 bits per heavy atom. The van der Waals surface area contributed by atoms with Crippen LogP contribution in [0.1, 0.15) is 21.7 Å². The third-order valence-electron chi connectivity index (χ3n) is 4.61. The summed E-state index contributed by atoms with van der Waals surface area (Å²) in [5, 5.41) is 0. The first kappa shape index (κ1) is 18.9. The molecule has 1 aromatic heterocycles. The molecule has 2 heterocycles. The van der Waals surface area contributed by atoms with E-state index in [-0.39, 0.29) is 17.3 Å². The lowest BCUT2D eigenvalue weighted by Crippen LogP contribution is -2.29. The summed E-state index contributed by atoms with van der Waals surface area (Å²) in [6.45, 7) is 0.672. The molecule has 0 saturated carbocycles. The maximum atomic E-state index is 12.9. The minimum Gasteiger partial charge on any atom is -0.468 e. The van der Waals surface area contributed by atoms with Gasteiger partial charge in [-0.05, 0) is 66.6 Å². The Morgan fingerprint density at radius 1 is 1.14 bits per heavy atom. The van der Waals surface area contributed by atoms with Crippen LogP contribution in [0, 0.1) is 0 Å². The third-order valence-corrected chi connectivity index (χ3v) is 6.52. The van der Waals surface area contributed by atoms with Gasteiger partial charge in [-0.3, -0.25) is 4.79 Å². The van der Waals surface area contributed by atoms with E-state index >= 15 is 0 Å². The first-order chi connectivity index (χ1) is 13.4. The Kier molecular flexibility index (Phi) is 5.09. The number of amides is 1. The number of hydrogen-bond acceptors (Lipinski definition) is 4. The highest BCUT2D eigenvalue weighted by Gasteiger charge is 2.26. The van der Waals surface area contributed by atoms with Crippen LogP contribution in [0.25, 0.3) is 0 Å². The van der Waals surface area contributed by atoms with Crippen molar-refractivity contribution >= 4 is 37.5 Å². The van der Waals surface area contributed by atoms with Gasteiger partial charge in [-0.1, -0.05) is 15.9 Å². The lowest BCUT2D eigenvalue weighted by molar-refractivity contribution is 0.0989. The van der Waals surface area contributed by atoms with Crippen LogP contribution in [-0.4, -0.2) is 20.9 Å². The van der Waals surface area contributed by atoms with E-state index in [1.165, 1.54) is 18.4 Å². The molecule has 0 aliphatic carbocycles.